The fourth-order valence-corrected chi connectivity index (χ4v) is 1.38. The lowest BCUT2D eigenvalue weighted by Gasteiger charge is -1.95. The molecule has 1 heterocycles. The normalized spacial score (nSPS) is 10.8. The number of benzene rings is 1. The van der Waals surface area contributed by atoms with E-state index in [4.69, 9.17) is 0 Å². The number of nitro groups is 1. The Morgan fingerprint density at radius 2 is 2.20 bits per heavy atom. The Morgan fingerprint density at radius 3 is 2.80 bits per heavy atom. The molecule has 0 radical (unpaired) electrons. The SMILES string of the molecule is Cn1c(=O)[nH]c2cc([N+](=O)[O-])c(F)cc21. The number of halogens is 1. The Hall–Kier alpha value is -2.18. The average molecular weight is 211 g/mol. The summed E-state index contributed by atoms with van der Waals surface area (Å²) in [6.07, 6.45) is 0. The van der Waals surface area contributed by atoms with Crippen LogP contribution in [-0.4, -0.2) is 14.5 Å². The molecule has 1 aromatic carbocycles. The van der Waals surface area contributed by atoms with Gasteiger partial charge >= 0.3 is 11.4 Å². The maximum atomic E-state index is 13.2. The Morgan fingerprint density at radius 1 is 1.53 bits per heavy atom. The van der Waals surface area contributed by atoms with Gasteiger partial charge in [0, 0.05) is 19.2 Å². The highest BCUT2D eigenvalue weighted by molar-refractivity contribution is 5.78. The number of hydrogen-bond donors (Lipinski definition) is 1. The van der Waals surface area contributed by atoms with E-state index >= 15 is 0 Å². The predicted molar refractivity (Wildman–Crippen MR) is 50.2 cm³/mol. The van der Waals surface area contributed by atoms with Crippen LogP contribution in [0, 0.1) is 15.9 Å². The van der Waals surface area contributed by atoms with Crippen LogP contribution in [-0.2, 0) is 7.05 Å². The van der Waals surface area contributed by atoms with Crippen molar-refractivity contribution >= 4 is 16.7 Å². The number of H-pyrrole nitrogens is 1. The first-order valence-corrected chi connectivity index (χ1v) is 4.03. The quantitative estimate of drug-likeness (QED) is 0.562. The lowest BCUT2D eigenvalue weighted by molar-refractivity contribution is -0.387. The number of fused-ring (bicyclic) bond motifs is 1. The fourth-order valence-electron chi connectivity index (χ4n) is 1.38. The summed E-state index contributed by atoms with van der Waals surface area (Å²) >= 11 is 0. The highest BCUT2D eigenvalue weighted by Crippen LogP contribution is 2.22. The minimum absolute atomic E-state index is 0.246. The summed E-state index contributed by atoms with van der Waals surface area (Å²) in [5.74, 6) is -0.956. The second-order valence-electron chi connectivity index (χ2n) is 3.07. The van der Waals surface area contributed by atoms with Crippen molar-refractivity contribution in [1.29, 1.82) is 0 Å². The van der Waals surface area contributed by atoms with Crippen molar-refractivity contribution in [2.24, 2.45) is 7.05 Å². The number of nitrogens with one attached hydrogen (secondary N) is 1. The van der Waals surface area contributed by atoms with Gasteiger partial charge in [-0.1, -0.05) is 0 Å². The van der Waals surface area contributed by atoms with Gasteiger partial charge in [0.2, 0.25) is 5.82 Å². The predicted octanol–water partition coefficient (Wildman–Crippen LogP) is 0.914. The molecule has 0 atom stereocenters. The molecule has 0 spiro atoms. The van der Waals surface area contributed by atoms with E-state index in [-0.39, 0.29) is 5.52 Å². The van der Waals surface area contributed by atoms with Crippen LogP contribution in [0.5, 0.6) is 0 Å². The molecule has 2 rings (SSSR count). The zero-order valence-electron chi connectivity index (χ0n) is 7.65. The summed E-state index contributed by atoms with van der Waals surface area (Å²) in [6, 6.07) is 1.97. The first-order chi connectivity index (χ1) is 7.00. The lowest BCUT2D eigenvalue weighted by Crippen LogP contribution is -2.11. The molecule has 0 aliphatic heterocycles. The largest absolute Gasteiger partial charge is 0.326 e. The van der Waals surface area contributed by atoms with Gasteiger partial charge in [-0.25, -0.2) is 4.79 Å². The van der Waals surface area contributed by atoms with Crippen LogP contribution in [0.4, 0.5) is 10.1 Å². The van der Waals surface area contributed by atoms with Crippen LogP contribution in [0.3, 0.4) is 0 Å². The molecule has 0 saturated heterocycles. The van der Waals surface area contributed by atoms with Gasteiger partial charge in [-0.3, -0.25) is 14.7 Å². The van der Waals surface area contributed by atoms with Crippen molar-refractivity contribution in [1.82, 2.24) is 9.55 Å². The van der Waals surface area contributed by atoms with E-state index in [1.807, 2.05) is 0 Å². The fraction of sp³-hybridized carbons (Fsp3) is 0.125. The first kappa shape index (κ1) is 9.38. The molecule has 0 bridgehead atoms. The van der Waals surface area contributed by atoms with Crippen LogP contribution in [0.15, 0.2) is 16.9 Å². The van der Waals surface area contributed by atoms with Gasteiger partial charge in [-0.05, 0) is 0 Å². The Kier molecular flexibility index (Phi) is 1.82. The minimum atomic E-state index is -0.956. The number of rotatable bonds is 1. The molecule has 1 N–H and O–H groups in total. The Labute approximate surface area is 82.1 Å². The van der Waals surface area contributed by atoms with Crippen LogP contribution in [0.1, 0.15) is 0 Å². The lowest BCUT2D eigenvalue weighted by atomic mass is 10.2. The van der Waals surface area contributed by atoms with Gasteiger partial charge in [0.15, 0.2) is 0 Å². The molecular formula is C8H6FN3O3. The highest BCUT2D eigenvalue weighted by atomic mass is 19.1. The summed E-state index contributed by atoms with van der Waals surface area (Å²) < 4.78 is 14.4. The van der Waals surface area contributed by atoms with Crippen LogP contribution >= 0.6 is 0 Å². The molecule has 1 aromatic heterocycles. The van der Waals surface area contributed by atoms with Crippen molar-refractivity contribution in [3.63, 3.8) is 0 Å². The molecule has 7 heteroatoms. The summed E-state index contributed by atoms with van der Waals surface area (Å²) in [5.41, 5.74) is -0.548. The average Bonchev–Trinajstić information content (AvgIpc) is 2.43. The van der Waals surface area contributed by atoms with E-state index in [9.17, 15) is 19.3 Å². The summed E-state index contributed by atoms with van der Waals surface area (Å²) in [4.78, 5) is 23.1. The van der Waals surface area contributed by atoms with E-state index < -0.39 is 22.1 Å². The van der Waals surface area contributed by atoms with Crippen LogP contribution < -0.4 is 5.69 Å². The molecule has 78 valence electrons. The third kappa shape index (κ3) is 1.28. The van der Waals surface area contributed by atoms with E-state index in [0.717, 1.165) is 12.1 Å². The van der Waals surface area contributed by atoms with Crippen molar-refractivity contribution in [2.45, 2.75) is 0 Å². The molecule has 0 aliphatic rings. The van der Waals surface area contributed by atoms with Gasteiger partial charge in [0.25, 0.3) is 0 Å². The van der Waals surface area contributed by atoms with Gasteiger partial charge in [0.05, 0.1) is 16.0 Å². The van der Waals surface area contributed by atoms with Crippen molar-refractivity contribution in [3.05, 3.63) is 38.5 Å². The molecule has 6 nitrogen and oxygen atoms in total. The van der Waals surface area contributed by atoms with Crippen molar-refractivity contribution < 1.29 is 9.31 Å². The minimum Gasteiger partial charge on any atom is -0.305 e. The van der Waals surface area contributed by atoms with Gasteiger partial charge in [-0.2, -0.15) is 4.39 Å². The van der Waals surface area contributed by atoms with Crippen molar-refractivity contribution in [3.8, 4) is 0 Å². The summed E-state index contributed by atoms with van der Waals surface area (Å²) in [6.45, 7) is 0. The zero-order chi connectivity index (χ0) is 11.2. The van der Waals surface area contributed by atoms with E-state index in [0.29, 0.717) is 5.52 Å². The standard InChI is InChI=1S/C8H6FN3O3/c1-11-7-2-4(9)6(12(14)15)3-5(7)10-8(11)13/h2-3H,1H3,(H,10,13). The second kappa shape index (κ2) is 2.91. The topological polar surface area (TPSA) is 80.9 Å². The smallest absolute Gasteiger partial charge is 0.305 e. The second-order valence-corrected chi connectivity index (χ2v) is 3.07. The van der Waals surface area contributed by atoms with Gasteiger partial charge < -0.3 is 4.98 Å². The van der Waals surface area contributed by atoms with E-state index in [2.05, 4.69) is 4.98 Å². The maximum absolute atomic E-state index is 13.2. The first-order valence-electron chi connectivity index (χ1n) is 4.03. The molecule has 0 unspecified atom stereocenters. The maximum Gasteiger partial charge on any atom is 0.326 e. The number of aryl methyl sites for hydroxylation is 1. The molecular weight excluding hydrogens is 205 g/mol. The van der Waals surface area contributed by atoms with Gasteiger partial charge in [-0.15, -0.1) is 0 Å². The number of imidazole rings is 1. The molecule has 0 fully saturated rings. The van der Waals surface area contributed by atoms with Crippen LogP contribution in [0.25, 0.3) is 11.0 Å². The third-order valence-electron chi connectivity index (χ3n) is 2.17. The molecule has 0 amide bonds. The molecule has 0 saturated carbocycles. The highest BCUT2D eigenvalue weighted by Gasteiger charge is 2.17. The molecule has 0 aliphatic carbocycles. The van der Waals surface area contributed by atoms with Gasteiger partial charge in [0.1, 0.15) is 0 Å². The number of aromatic amines is 1. The Bertz CT molecular complexity index is 613. The zero-order valence-corrected chi connectivity index (χ0v) is 7.65. The van der Waals surface area contributed by atoms with E-state index in [1.54, 1.807) is 0 Å². The Balaban J connectivity index is 2.88. The number of hydrogen-bond acceptors (Lipinski definition) is 3. The summed E-state index contributed by atoms with van der Waals surface area (Å²) in [7, 11) is 1.45. The van der Waals surface area contributed by atoms with Crippen LogP contribution in [0.2, 0.25) is 0 Å². The monoisotopic (exact) mass is 211 g/mol. The number of nitro benzene ring substituents is 1. The number of nitrogens with zero attached hydrogens (tertiary/aromatic N) is 2. The molecule has 15 heavy (non-hydrogen) atoms. The third-order valence-corrected chi connectivity index (χ3v) is 2.17. The summed E-state index contributed by atoms with van der Waals surface area (Å²) in [5, 5.41) is 10.4. The number of aromatic nitrogens is 2. The van der Waals surface area contributed by atoms with Crippen molar-refractivity contribution in [2.75, 3.05) is 0 Å². The van der Waals surface area contributed by atoms with E-state index in [1.165, 1.54) is 11.6 Å². The molecule has 2 aromatic rings.